The van der Waals surface area contributed by atoms with Crippen molar-refractivity contribution in [2.24, 2.45) is 0 Å². The predicted molar refractivity (Wildman–Crippen MR) is 119 cm³/mol. The molecule has 7 nitrogen and oxygen atoms in total. The Bertz CT molecular complexity index is 795. The quantitative estimate of drug-likeness (QED) is 0.496. The molecule has 2 aromatic rings. The van der Waals surface area contributed by atoms with E-state index in [9.17, 15) is 9.59 Å². The molecule has 0 radical (unpaired) electrons. The van der Waals surface area contributed by atoms with E-state index >= 15 is 0 Å². The number of hydrogen-bond acceptors (Lipinski definition) is 5. The second-order valence-corrected chi connectivity index (χ2v) is 6.99. The van der Waals surface area contributed by atoms with Gasteiger partial charge >= 0.3 is 0 Å². The fourth-order valence-electron chi connectivity index (χ4n) is 2.93. The Morgan fingerprint density at radius 3 is 2.39 bits per heavy atom. The van der Waals surface area contributed by atoms with Gasteiger partial charge in [-0.15, -0.1) is 0 Å². The van der Waals surface area contributed by atoms with Crippen molar-refractivity contribution in [1.29, 1.82) is 0 Å². The lowest BCUT2D eigenvalue weighted by molar-refractivity contribution is -0.142. The van der Waals surface area contributed by atoms with Gasteiger partial charge in [-0.3, -0.25) is 9.59 Å². The Labute approximate surface area is 184 Å². The van der Waals surface area contributed by atoms with Crippen LogP contribution in [0.1, 0.15) is 25.8 Å². The number of methoxy groups -OCH3 is 1. The van der Waals surface area contributed by atoms with Gasteiger partial charge in [0.1, 0.15) is 17.5 Å². The molecule has 0 fully saturated rings. The van der Waals surface area contributed by atoms with Crippen LogP contribution in [0.4, 0.5) is 0 Å². The van der Waals surface area contributed by atoms with E-state index in [2.05, 4.69) is 5.32 Å². The SMILES string of the molecule is CCOCCCNC(=O)[C@@H](C)N(Cc1ccc(OC)cc1)C(=O)COc1ccccc1. The first-order chi connectivity index (χ1) is 15.0. The summed E-state index contributed by atoms with van der Waals surface area (Å²) in [6, 6.07) is 15.9. The lowest BCUT2D eigenvalue weighted by Crippen LogP contribution is -2.49. The highest BCUT2D eigenvalue weighted by Gasteiger charge is 2.26. The third-order valence-electron chi connectivity index (χ3n) is 4.75. The molecule has 2 amide bonds. The van der Waals surface area contributed by atoms with Crippen LogP contribution in [0.3, 0.4) is 0 Å². The second-order valence-electron chi connectivity index (χ2n) is 6.99. The van der Waals surface area contributed by atoms with E-state index in [1.165, 1.54) is 4.90 Å². The van der Waals surface area contributed by atoms with Crippen LogP contribution in [0.2, 0.25) is 0 Å². The van der Waals surface area contributed by atoms with Gasteiger partial charge in [-0.1, -0.05) is 30.3 Å². The Balaban J connectivity index is 2.03. The topological polar surface area (TPSA) is 77.1 Å². The van der Waals surface area contributed by atoms with Crippen LogP contribution in [0.25, 0.3) is 0 Å². The summed E-state index contributed by atoms with van der Waals surface area (Å²) in [5, 5.41) is 2.88. The molecule has 0 saturated carbocycles. The maximum absolute atomic E-state index is 13.0. The maximum Gasteiger partial charge on any atom is 0.261 e. The third kappa shape index (κ3) is 8.30. The van der Waals surface area contributed by atoms with E-state index in [1.54, 1.807) is 26.2 Å². The fraction of sp³-hybridized carbons (Fsp3) is 0.417. The van der Waals surface area contributed by atoms with Crippen LogP contribution in [-0.4, -0.2) is 56.2 Å². The Kier molecular flexibility index (Phi) is 10.4. The van der Waals surface area contributed by atoms with E-state index < -0.39 is 6.04 Å². The number of amides is 2. The van der Waals surface area contributed by atoms with Gasteiger partial charge in [0.2, 0.25) is 5.91 Å². The zero-order chi connectivity index (χ0) is 22.5. The summed E-state index contributed by atoms with van der Waals surface area (Å²) in [4.78, 5) is 27.2. The van der Waals surface area contributed by atoms with Gasteiger partial charge in [0, 0.05) is 26.3 Å². The monoisotopic (exact) mass is 428 g/mol. The summed E-state index contributed by atoms with van der Waals surface area (Å²) in [7, 11) is 1.60. The van der Waals surface area contributed by atoms with Gasteiger partial charge in [-0.05, 0) is 50.1 Å². The van der Waals surface area contributed by atoms with E-state index in [0.29, 0.717) is 25.5 Å². The van der Waals surface area contributed by atoms with Gasteiger partial charge in [-0.2, -0.15) is 0 Å². The number of ether oxygens (including phenoxy) is 3. The Hall–Kier alpha value is -3.06. The molecular formula is C24H32N2O5. The molecule has 0 aromatic heterocycles. The van der Waals surface area contributed by atoms with Crippen LogP contribution in [-0.2, 0) is 20.9 Å². The molecule has 0 unspecified atom stereocenters. The van der Waals surface area contributed by atoms with E-state index in [1.807, 2.05) is 49.4 Å². The van der Waals surface area contributed by atoms with E-state index in [0.717, 1.165) is 17.7 Å². The van der Waals surface area contributed by atoms with Gasteiger partial charge in [0.25, 0.3) is 5.91 Å². The molecule has 0 heterocycles. The highest BCUT2D eigenvalue weighted by Crippen LogP contribution is 2.16. The molecule has 7 heteroatoms. The molecule has 0 bridgehead atoms. The minimum absolute atomic E-state index is 0.151. The third-order valence-corrected chi connectivity index (χ3v) is 4.75. The predicted octanol–water partition coefficient (Wildman–Crippen LogP) is 3.03. The minimum atomic E-state index is -0.652. The molecule has 31 heavy (non-hydrogen) atoms. The molecule has 0 spiro atoms. The van der Waals surface area contributed by atoms with Gasteiger partial charge in [0.15, 0.2) is 6.61 Å². The largest absolute Gasteiger partial charge is 0.497 e. The van der Waals surface area contributed by atoms with Crippen molar-refractivity contribution in [2.45, 2.75) is 32.9 Å². The van der Waals surface area contributed by atoms with Gasteiger partial charge in [0.05, 0.1) is 7.11 Å². The summed E-state index contributed by atoms with van der Waals surface area (Å²) < 4.78 is 16.1. The number of hydrogen-bond donors (Lipinski definition) is 1. The normalized spacial score (nSPS) is 11.5. The molecule has 2 aromatic carbocycles. The van der Waals surface area contributed by atoms with Crippen LogP contribution in [0.5, 0.6) is 11.5 Å². The number of benzene rings is 2. The lowest BCUT2D eigenvalue weighted by atomic mass is 10.1. The molecule has 0 aliphatic carbocycles. The number of carbonyl (C=O) groups is 2. The average Bonchev–Trinajstić information content (AvgIpc) is 2.81. The summed E-state index contributed by atoms with van der Waals surface area (Å²) in [6.45, 7) is 5.52. The molecule has 0 aliphatic heterocycles. The smallest absolute Gasteiger partial charge is 0.261 e. The van der Waals surface area contributed by atoms with Crippen LogP contribution in [0.15, 0.2) is 54.6 Å². The van der Waals surface area contributed by atoms with Gasteiger partial charge < -0.3 is 24.4 Å². The van der Waals surface area contributed by atoms with Crippen LogP contribution in [0, 0.1) is 0 Å². The molecule has 2 rings (SSSR count). The number of nitrogens with one attached hydrogen (secondary N) is 1. The number of carbonyl (C=O) groups excluding carboxylic acids is 2. The summed E-state index contributed by atoms with van der Waals surface area (Å²) in [5.41, 5.74) is 0.893. The van der Waals surface area contributed by atoms with E-state index in [-0.39, 0.29) is 25.0 Å². The number of rotatable bonds is 13. The molecule has 1 atom stereocenters. The summed E-state index contributed by atoms with van der Waals surface area (Å²) in [6.07, 6.45) is 0.718. The van der Waals surface area contributed by atoms with Crippen molar-refractivity contribution in [1.82, 2.24) is 10.2 Å². The maximum atomic E-state index is 13.0. The minimum Gasteiger partial charge on any atom is -0.497 e. The van der Waals surface area contributed by atoms with Crippen LogP contribution < -0.4 is 14.8 Å². The molecule has 1 N–H and O–H groups in total. The molecule has 168 valence electrons. The Morgan fingerprint density at radius 2 is 1.74 bits per heavy atom. The second kappa shape index (κ2) is 13.3. The van der Waals surface area contributed by atoms with Crippen molar-refractivity contribution >= 4 is 11.8 Å². The fourth-order valence-corrected chi connectivity index (χ4v) is 2.93. The van der Waals surface area contributed by atoms with Crippen molar-refractivity contribution < 1.29 is 23.8 Å². The zero-order valence-corrected chi connectivity index (χ0v) is 18.5. The van der Waals surface area contributed by atoms with Crippen LogP contribution >= 0.6 is 0 Å². The zero-order valence-electron chi connectivity index (χ0n) is 18.5. The van der Waals surface area contributed by atoms with Crippen molar-refractivity contribution in [3.05, 3.63) is 60.2 Å². The molecule has 0 saturated heterocycles. The lowest BCUT2D eigenvalue weighted by Gasteiger charge is -2.28. The number of para-hydroxylation sites is 1. The van der Waals surface area contributed by atoms with Crippen molar-refractivity contribution in [3.63, 3.8) is 0 Å². The highest BCUT2D eigenvalue weighted by molar-refractivity contribution is 5.87. The van der Waals surface area contributed by atoms with E-state index in [4.69, 9.17) is 14.2 Å². The van der Waals surface area contributed by atoms with Crippen molar-refractivity contribution in [2.75, 3.05) is 33.5 Å². The summed E-state index contributed by atoms with van der Waals surface area (Å²) >= 11 is 0. The van der Waals surface area contributed by atoms with Gasteiger partial charge in [-0.25, -0.2) is 0 Å². The molecule has 0 aliphatic rings. The Morgan fingerprint density at radius 1 is 1.03 bits per heavy atom. The standard InChI is InChI=1S/C24H32N2O5/c1-4-30-16-8-15-25-24(28)19(2)26(17-20-11-13-21(29-3)14-12-20)23(27)18-31-22-9-6-5-7-10-22/h5-7,9-14,19H,4,8,15-18H2,1-3H3,(H,25,28)/t19-/m1/s1. The molecular weight excluding hydrogens is 396 g/mol. The first kappa shape index (κ1) is 24.2. The first-order valence-electron chi connectivity index (χ1n) is 10.5. The number of nitrogens with zero attached hydrogens (tertiary/aromatic N) is 1. The first-order valence-corrected chi connectivity index (χ1v) is 10.5. The summed E-state index contributed by atoms with van der Waals surface area (Å²) in [5.74, 6) is 0.858. The van der Waals surface area contributed by atoms with Crippen molar-refractivity contribution in [3.8, 4) is 11.5 Å². The highest BCUT2D eigenvalue weighted by atomic mass is 16.5. The average molecular weight is 429 g/mol.